The molecule has 2 bridgehead atoms. The average Bonchev–Trinajstić information content (AvgIpc) is 3.53. The fourth-order valence-corrected chi connectivity index (χ4v) is 7.69. The maximum atomic E-state index is 13.8. The lowest BCUT2D eigenvalue weighted by Gasteiger charge is -2.45. The molecule has 5 rings (SSSR count). The van der Waals surface area contributed by atoms with E-state index in [2.05, 4.69) is 13.0 Å². The zero-order valence-corrected chi connectivity index (χ0v) is 25.6. The largest absolute Gasteiger partial charge is 0.461 e. The van der Waals surface area contributed by atoms with E-state index in [1.54, 1.807) is 19.2 Å². The Morgan fingerprint density at radius 1 is 1.22 bits per heavy atom. The first-order valence-electron chi connectivity index (χ1n) is 14.6. The van der Waals surface area contributed by atoms with E-state index in [1.807, 2.05) is 25.1 Å². The van der Waals surface area contributed by atoms with Crippen molar-refractivity contribution in [1.82, 2.24) is 4.31 Å². The van der Waals surface area contributed by atoms with Gasteiger partial charge in [0.2, 0.25) is 15.8 Å². The van der Waals surface area contributed by atoms with Crippen molar-refractivity contribution in [3.05, 3.63) is 70.7 Å². The summed E-state index contributed by atoms with van der Waals surface area (Å²) in [6, 6.07) is 9.13. The summed E-state index contributed by atoms with van der Waals surface area (Å²) in [5.74, 6) is -0.198. The maximum Gasteiger partial charge on any atom is 0.228 e. The van der Waals surface area contributed by atoms with Crippen LogP contribution in [-0.4, -0.2) is 73.5 Å². The van der Waals surface area contributed by atoms with Gasteiger partial charge in [-0.05, 0) is 93.5 Å². The third-order valence-corrected chi connectivity index (χ3v) is 10.6. The van der Waals surface area contributed by atoms with E-state index in [1.165, 1.54) is 22.4 Å². The second kappa shape index (κ2) is 12.9. The topological polar surface area (TPSA) is 117 Å². The van der Waals surface area contributed by atoms with Crippen molar-refractivity contribution < 1.29 is 32.6 Å². The molecule has 41 heavy (non-hydrogen) atoms. The van der Waals surface area contributed by atoms with Gasteiger partial charge in [0.15, 0.2) is 5.76 Å². The van der Waals surface area contributed by atoms with Crippen molar-refractivity contribution in [2.24, 2.45) is 5.41 Å². The molecule has 2 aromatic rings. The monoisotopic (exact) mass is 587 g/mol. The summed E-state index contributed by atoms with van der Waals surface area (Å²) in [5.41, 5.74) is 1.35. The van der Waals surface area contributed by atoms with Crippen molar-refractivity contribution in [3.8, 4) is 0 Å². The molecule has 0 amide bonds. The minimum absolute atomic E-state index is 0.0169. The van der Waals surface area contributed by atoms with Crippen molar-refractivity contribution in [3.63, 3.8) is 0 Å². The number of allylic oxidation sites excluding steroid dienone is 2. The Morgan fingerprint density at radius 2 is 2.00 bits per heavy atom. The number of hydrogen-bond donors (Lipinski definition) is 2. The minimum Gasteiger partial charge on any atom is -0.461 e. The van der Waals surface area contributed by atoms with Crippen molar-refractivity contribution in [1.29, 1.82) is 0 Å². The fraction of sp³-hybridized carbons (Fsp3) is 0.594. The molecule has 3 aliphatic carbocycles. The summed E-state index contributed by atoms with van der Waals surface area (Å²) in [6.45, 7) is 4.78. The highest BCUT2D eigenvalue weighted by Gasteiger charge is 2.57. The predicted molar refractivity (Wildman–Crippen MR) is 158 cm³/mol. The standard InChI is InChI=1S/C32H45NO7S/c1-23-8-5-15-31(2)28(14-16-32(31,36)22-33(41(4,37)38)17-7-18-39-3)26-13-11-24(20-25(34)12-10-23)21-27(26)30(35)29-9-6-19-40-29/h6,8-9,11,13,19,21,25,28,34,36H,5,7,10,12,14-18,20,22H2,1-4H3. The molecule has 0 spiro atoms. The van der Waals surface area contributed by atoms with E-state index in [9.17, 15) is 23.4 Å². The molecule has 4 unspecified atom stereocenters. The SMILES string of the molecule is COCCCN(CC1(O)CCC2c3ccc(cc3C(=O)c3ccco3)CC(O)CCC(C)=CCCC21C)S(C)(=O)=O. The second-order valence-electron chi connectivity index (χ2n) is 12.2. The molecule has 4 atom stereocenters. The number of carbonyl (C=O) groups excluding carboxylic acids is 1. The van der Waals surface area contributed by atoms with E-state index < -0.39 is 27.1 Å². The molecule has 3 aliphatic rings. The lowest BCUT2D eigenvalue weighted by atomic mass is 9.65. The third kappa shape index (κ3) is 7.03. The number of hydrogen-bond acceptors (Lipinski definition) is 7. The summed E-state index contributed by atoms with van der Waals surface area (Å²) >= 11 is 0. The normalized spacial score (nSPS) is 27.4. The lowest BCUT2D eigenvalue weighted by Crippen LogP contribution is -2.53. The number of aliphatic hydroxyl groups is 2. The van der Waals surface area contributed by atoms with Gasteiger partial charge in [0.05, 0.1) is 24.2 Å². The molecule has 1 heterocycles. The second-order valence-corrected chi connectivity index (χ2v) is 14.2. The van der Waals surface area contributed by atoms with Crippen LogP contribution in [0.15, 0.2) is 52.7 Å². The molecule has 9 heteroatoms. The smallest absolute Gasteiger partial charge is 0.228 e. The van der Waals surface area contributed by atoms with Gasteiger partial charge < -0.3 is 19.4 Å². The van der Waals surface area contributed by atoms with Crippen molar-refractivity contribution in [2.75, 3.05) is 33.1 Å². The van der Waals surface area contributed by atoms with Crippen molar-refractivity contribution in [2.45, 2.75) is 82.8 Å². The number of fused-ring (bicyclic) bond motifs is 8. The van der Waals surface area contributed by atoms with Crippen LogP contribution < -0.4 is 0 Å². The summed E-state index contributed by atoms with van der Waals surface area (Å²) < 4.78 is 37.7. The Labute approximate surface area is 244 Å². The first kappa shape index (κ1) is 31.6. The number of benzene rings is 1. The number of aliphatic hydroxyl groups excluding tert-OH is 1. The number of sulfonamides is 1. The molecule has 1 aromatic carbocycles. The molecule has 0 aliphatic heterocycles. The number of carbonyl (C=O) groups is 1. The number of furan rings is 1. The number of ether oxygens (including phenoxy) is 1. The molecule has 1 aromatic heterocycles. The quantitative estimate of drug-likeness (QED) is 0.245. The molecule has 0 saturated heterocycles. The molecule has 1 fully saturated rings. The van der Waals surface area contributed by atoms with Gasteiger partial charge in [0, 0.05) is 37.8 Å². The zero-order chi connectivity index (χ0) is 29.8. The summed E-state index contributed by atoms with van der Waals surface area (Å²) in [6.07, 6.45) is 8.94. The number of rotatable bonds is 9. The van der Waals surface area contributed by atoms with Crippen molar-refractivity contribution >= 4 is 15.8 Å². The number of nitrogens with zero attached hydrogens (tertiary/aromatic N) is 1. The van der Waals surface area contributed by atoms with Crippen LogP contribution in [0.25, 0.3) is 0 Å². The van der Waals surface area contributed by atoms with Crippen LogP contribution in [-0.2, 0) is 21.2 Å². The zero-order valence-electron chi connectivity index (χ0n) is 24.8. The van der Waals surface area contributed by atoms with Crippen LogP contribution in [0, 0.1) is 5.41 Å². The maximum absolute atomic E-state index is 13.8. The first-order chi connectivity index (χ1) is 19.4. The summed E-state index contributed by atoms with van der Waals surface area (Å²) in [5, 5.41) is 23.2. The molecular formula is C32H45NO7S. The lowest BCUT2D eigenvalue weighted by molar-refractivity contribution is -0.0726. The van der Waals surface area contributed by atoms with Crippen LogP contribution in [0.4, 0.5) is 0 Å². The van der Waals surface area contributed by atoms with E-state index in [0.717, 1.165) is 17.5 Å². The Morgan fingerprint density at radius 3 is 2.68 bits per heavy atom. The van der Waals surface area contributed by atoms with Crippen LogP contribution in [0.5, 0.6) is 0 Å². The van der Waals surface area contributed by atoms with Crippen LogP contribution >= 0.6 is 0 Å². The molecule has 8 nitrogen and oxygen atoms in total. The molecule has 1 saturated carbocycles. The van der Waals surface area contributed by atoms with E-state index in [4.69, 9.17) is 9.15 Å². The number of methoxy groups -OCH3 is 1. The van der Waals surface area contributed by atoms with Gasteiger partial charge in [0.25, 0.3) is 0 Å². The average molecular weight is 588 g/mol. The fourth-order valence-electron chi connectivity index (χ4n) is 6.78. The van der Waals surface area contributed by atoms with Gasteiger partial charge in [-0.2, -0.15) is 4.31 Å². The van der Waals surface area contributed by atoms with Gasteiger partial charge in [-0.1, -0.05) is 30.7 Å². The Bertz CT molecular complexity index is 1340. The Kier molecular flexibility index (Phi) is 9.96. The van der Waals surface area contributed by atoms with E-state index in [-0.39, 0.29) is 30.6 Å². The summed E-state index contributed by atoms with van der Waals surface area (Å²) in [4.78, 5) is 13.8. The highest BCUT2D eigenvalue weighted by Crippen LogP contribution is 2.59. The third-order valence-electron chi connectivity index (χ3n) is 9.32. The molecule has 0 radical (unpaired) electrons. The predicted octanol–water partition coefficient (Wildman–Crippen LogP) is 4.85. The van der Waals surface area contributed by atoms with Crippen LogP contribution in [0.3, 0.4) is 0 Å². The summed E-state index contributed by atoms with van der Waals surface area (Å²) in [7, 11) is -2.00. The molecule has 2 N–H and O–H groups in total. The van der Waals surface area contributed by atoms with Gasteiger partial charge in [-0.3, -0.25) is 4.79 Å². The minimum atomic E-state index is -3.58. The van der Waals surface area contributed by atoms with E-state index >= 15 is 0 Å². The first-order valence-corrected chi connectivity index (χ1v) is 16.4. The molecule has 226 valence electrons. The van der Waals surface area contributed by atoms with Gasteiger partial charge in [0.1, 0.15) is 0 Å². The van der Waals surface area contributed by atoms with Gasteiger partial charge in [-0.15, -0.1) is 0 Å². The van der Waals surface area contributed by atoms with Crippen LogP contribution in [0.1, 0.15) is 92.0 Å². The van der Waals surface area contributed by atoms with Gasteiger partial charge >= 0.3 is 0 Å². The van der Waals surface area contributed by atoms with E-state index in [0.29, 0.717) is 57.1 Å². The number of ketones is 1. The Balaban J connectivity index is 1.81. The van der Waals surface area contributed by atoms with Gasteiger partial charge in [-0.25, -0.2) is 8.42 Å². The highest BCUT2D eigenvalue weighted by atomic mass is 32.2. The van der Waals surface area contributed by atoms with Crippen LogP contribution in [0.2, 0.25) is 0 Å². The Hall–Kier alpha value is -2.30. The highest BCUT2D eigenvalue weighted by molar-refractivity contribution is 7.88. The molecular weight excluding hydrogens is 542 g/mol.